The van der Waals surface area contributed by atoms with E-state index in [0.717, 1.165) is 0 Å². The second-order valence-electron chi connectivity index (χ2n) is 11.7. The Morgan fingerprint density at radius 3 is 2.14 bits per heavy atom. The van der Waals surface area contributed by atoms with Crippen LogP contribution in [0.3, 0.4) is 0 Å². The third-order valence-corrected chi connectivity index (χ3v) is 14.0. The van der Waals surface area contributed by atoms with E-state index in [4.69, 9.17) is 51.7 Å². The molecule has 0 bridgehead atoms. The number of nitrogen functional groups attached to an aromatic ring is 1. The molecule has 1 aliphatic rings. The van der Waals surface area contributed by atoms with Gasteiger partial charge in [-0.25, -0.2) is 19.5 Å². The Morgan fingerprint density at radius 2 is 1.58 bits per heavy atom. The Labute approximate surface area is 261 Å². The monoisotopic (exact) mass is 665 g/mol. The molecule has 0 radical (unpaired) electrons. The lowest BCUT2D eigenvalue weighted by molar-refractivity contribution is -0.0392. The summed E-state index contributed by atoms with van der Waals surface area (Å²) in [6, 6.07) is 12.8. The molecule has 0 spiro atoms. The summed E-state index contributed by atoms with van der Waals surface area (Å²) in [5.74, 6) is 0.752. The molecular formula is C28H34Cl2N5O6PSi. The van der Waals surface area contributed by atoms with Crippen LogP contribution in [0, 0.1) is 0 Å². The van der Waals surface area contributed by atoms with Crippen molar-refractivity contribution in [3.8, 4) is 11.5 Å². The van der Waals surface area contributed by atoms with Gasteiger partial charge in [0.25, 0.3) is 0 Å². The molecule has 2 N–H and O–H groups in total. The molecule has 1 fully saturated rings. The van der Waals surface area contributed by atoms with E-state index in [9.17, 15) is 4.57 Å². The van der Waals surface area contributed by atoms with Crippen LogP contribution in [0.5, 0.6) is 11.5 Å². The summed E-state index contributed by atoms with van der Waals surface area (Å²) >= 11 is 12.1. The van der Waals surface area contributed by atoms with Gasteiger partial charge in [0.1, 0.15) is 41.8 Å². The average Bonchev–Trinajstić information content (AvgIpc) is 3.54. The zero-order chi connectivity index (χ0) is 31.0. The maximum absolute atomic E-state index is 14.4. The highest BCUT2D eigenvalue weighted by molar-refractivity contribution is 7.49. The molecule has 2 aromatic heterocycles. The summed E-state index contributed by atoms with van der Waals surface area (Å²) in [5.41, 5.74) is 6.96. The summed E-state index contributed by atoms with van der Waals surface area (Å²) in [7, 11) is -6.50. The van der Waals surface area contributed by atoms with E-state index in [1.54, 1.807) is 59.4 Å². The molecule has 43 heavy (non-hydrogen) atoms. The fraction of sp³-hybridized carbons (Fsp3) is 0.393. The van der Waals surface area contributed by atoms with E-state index >= 15 is 0 Å². The van der Waals surface area contributed by atoms with E-state index in [1.165, 1.54) is 6.33 Å². The number of imidazole rings is 1. The number of anilines is 1. The Balaban J connectivity index is 1.46. The zero-order valence-corrected chi connectivity index (χ0v) is 27.8. The first kappa shape index (κ1) is 31.7. The highest BCUT2D eigenvalue weighted by Gasteiger charge is 2.46. The van der Waals surface area contributed by atoms with Gasteiger partial charge in [-0.15, -0.1) is 0 Å². The first-order valence-electron chi connectivity index (χ1n) is 13.6. The lowest BCUT2D eigenvalue weighted by atomic mass is 10.2. The molecule has 4 aromatic rings. The van der Waals surface area contributed by atoms with Crippen LogP contribution in [0.15, 0.2) is 61.2 Å². The van der Waals surface area contributed by atoms with Crippen molar-refractivity contribution in [1.82, 2.24) is 19.5 Å². The lowest BCUT2D eigenvalue weighted by Crippen LogP contribution is -2.44. The SMILES string of the molecule is CC(C)(C)[Si](C)(C)OC[C@H]1O[C@@H](n2cnc3c(N)ncnc32)C[C@@H]1OP(=O)(Oc1ccc(Cl)cc1)Oc1ccc(Cl)cc1. The van der Waals surface area contributed by atoms with Gasteiger partial charge in [0.05, 0.1) is 12.9 Å². The van der Waals surface area contributed by atoms with Gasteiger partial charge in [0.2, 0.25) is 0 Å². The van der Waals surface area contributed by atoms with E-state index < -0.39 is 34.6 Å². The van der Waals surface area contributed by atoms with Crippen molar-refractivity contribution in [1.29, 1.82) is 0 Å². The predicted molar refractivity (Wildman–Crippen MR) is 168 cm³/mol. The van der Waals surface area contributed by atoms with Crippen molar-refractivity contribution >= 4 is 56.3 Å². The summed E-state index contributed by atoms with van der Waals surface area (Å²) in [4.78, 5) is 12.7. The molecule has 15 heteroatoms. The molecule has 11 nitrogen and oxygen atoms in total. The Morgan fingerprint density at radius 1 is 1.00 bits per heavy atom. The van der Waals surface area contributed by atoms with Gasteiger partial charge in [0.15, 0.2) is 19.8 Å². The van der Waals surface area contributed by atoms with Crippen LogP contribution >= 0.6 is 31.0 Å². The van der Waals surface area contributed by atoms with E-state index in [1.807, 2.05) is 0 Å². The second kappa shape index (κ2) is 12.4. The Kier molecular flexibility index (Phi) is 9.11. The summed E-state index contributed by atoms with van der Waals surface area (Å²) in [6.07, 6.45) is 1.23. The molecule has 3 heterocycles. The molecule has 3 atom stereocenters. The van der Waals surface area contributed by atoms with Crippen molar-refractivity contribution in [2.24, 2.45) is 0 Å². The number of hydrogen-bond donors (Lipinski definition) is 1. The molecule has 0 amide bonds. The summed E-state index contributed by atoms with van der Waals surface area (Å²) in [5, 5.41) is 0.948. The smallest absolute Gasteiger partial charge is 0.414 e. The maximum Gasteiger partial charge on any atom is 0.587 e. The second-order valence-corrected chi connectivity index (χ2v) is 18.9. The molecule has 0 aliphatic carbocycles. The number of hydrogen-bond acceptors (Lipinski definition) is 10. The Bertz CT molecular complexity index is 1570. The minimum absolute atomic E-state index is 0.0406. The molecule has 1 saturated heterocycles. The van der Waals surface area contributed by atoms with Crippen LogP contribution in [0.1, 0.15) is 33.4 Å². The van der Waals surface area contributed by atoms with Crippen LogP contribution in [0.2, 0.25) is 28.2 Å². The van der Waals surface area contributed by atoms with Gasteiger partial charge in [0, 0.05) is 16.5 Å². The zero-order valence-electron chi connectivity index (χ0n) is 24.4. The fourth-order valence-electron chi connectivity index (χ4n) is 4.20. The topological polar surface area (TPSA) is 133 Å². The van der Waals surface area contributed by atoms with Crippen LogP contribution in [0.4, 0.5) is 5.82 Å². The number of phosphoric acid groups is 1. The van der Waals surface area contributed by atoms with Gasteiger partial charge >= 0.3 is 7.82 Å². The number of aromatic nitrogens is 4. The fourth-order valence-corrected chi connectivity index (χ4v) is 6.90. The third-order valence-electron chi connectivity index (χ3n) is 7.62. The molecule has 2 aromatic carbocycles. The largest absolute Gasteiger partial charge is 0.587 e. The van der Waals surface area contributed by atoms with Gasteiger partial charge in [-0.05, 0) is 66.7 Å². The molecular weight excluding hydrogens is 632 g/mol. The average molecular weight is 667 g/mol. The molecule has 5 rings (SSSR count). The highest BCUT2D eigenvalue weighted by atomic mass is 35.5. The number of benzene rings is 2. The number of ether oxygens (including phenoxy) is 1. The van der Waals surface area contributed by atoms with Crippen LogP contribution in [0.25, 0.3) is 11.2 Å². The number of nitrogens with zero attached hydrogens (tertiary/aromatic N) is 4. The van der Waals surface area contributed by atoms with Crippen LogP contribution in [-0.2, 0) is 18.3 Å². The van der Waals surface area contributed by atoms with Crippen molar-refractivity contribution in [2.45, 2.75) is 63.8 Å². The number of fused-ring (bicyclic) bond motifs is 1. The van der Waals surface area contributed by atoms with E-state index in [0.29, 0.717) is 21.2 Å². The normalized spacial score (nSPS) is 19.6. The van der Waals surface area contributed by atoms with Crippen LogP contribution in [-0.4, -0.2) is 46.7 Å². The van der Waals surface area contributed by atoms with Gasteiger partial charge in [-0.2, -0.15) is 0 Å². The molecule has 1 aliphatic heterocycles. The van der Waals surface area contributed by atoms with Gasteiger partial charge in [-0.1, -0.05) is 44.0 Å². The summed E-state index contributed by atoms with van der Waals surface area (Å²) in [6.45, 7) is 11.0. The minimum atomic E-state index is -4.32. The van der Waals surface area contributed by atoms with E-state index in [-0.39, 0.29) is 35.4 Å². The van der Waals surface area contributed by atoms with Crippen LogP contribution < -0.4 is 14.8 Å². The summed E-state index contributed by atoms with van der Waals surface area (Å²) < 4.78 is 47.1. The minimum Gasteiger partial charge on any atom is -0.414 e. The molecule has 230 valence electrons. The standard InChI is InChI=1S/C28H34Cl2N5O6PSi/c1-28(2,3)43(4,5)37-15-23-22(14-24(38-23)35-17-34-25-26(31)32-16-33-27(25)35)41-42(36,39-20-10-6-18(29)7-11-20)40-21-12-8-19(30)9-13-21/h6-13,16-17,22-24H,14-15H2,1-5H3,(H2,31,32,33)/t22-,23+,24+/m0/s1. The predicted octanol–water partition coefficient (Wildman–Crippen LogP) is 7.68. The third kappa shape index (κ3) is 7.34. The van der Waals surface area contributed by atoms with Gasteiger partial charge in [-0.3, -0.25) is 9.09 Å². The van der Waals surface area contributed by atoms with Crippen molar-refractivity contribution in [3.63, 3.8) is 0 Å². The molecule has 0 unspecified atom stereocenters. The number of nitrogens with two attached hydrogens (primary N) is 1. The first-order valence-corrected chi connectivity index (χ1v) is 18.8. The maximum atomic E-state index is 14.4. The number of rotatable bonds is 10. The molecule has 0 saturated carbocycles. The Hall–Kier alpha value is -2.70. The van der Waals surface area contributed by atoms with E-state index in [2.05, 4.69) is 48.8 Å². The van der Waals surface area contributed by atoms with Crippen molar-refractivity contribution in [3.05, 3.63) is 71.2 Å². The quantitative estimate of drug-likeness (QED) is 0.133. The number of phosphoric ester groups is 1. The van der Waals surface area contributed by atoms with Crippen molar-refractivity contribution in [2.75, 3.05) is 12.3 Å². The first-order chi connectivity index (χ1) is 20.2. The highest BCUT2D eigenvalue weighted by Crippen LogP contribution is 2.53. The lowest BCUT2D eigenvalue weighted by Gasteiger charge is -2.37. The number of halogens is 2. The van der Waals surface area contributed by atoms with Crippen molar-refractivity contribution < 1.29 is 27.3 Å². The van der Waals surface area contributed by atoms with Gasteiger partial charge < -0.3 is 23.9 Å².